The zero-order valence-electron chi connectivity index (χ0n) is 12.9. The highest BCUT2D eigenvalue weighted by molar-refractivity contribution is 5.97. The first kappa shape index (κ1) is 15.0. The average molecular weight is 283 g/mol. The van der Waals surface area contributed by atoms with E-state index in [9.17, 15) is 4.79 Å². The number of nitrogen functional groups attached to an aromatic ring is 1. The van der Waals surface area contributed by atoms with E-state index in [-0.39, 0.29) is 5.91 Å². The van der Waals surface area contributed by atoms with Crippen LogP contribution in [-0.2, 0) is 6.54 Å². The predicted molar refractivity (Wildman–Crippen MR) is 85.2 cm³/mol. The Kier molecular flexibility index (Phi) is 4.26. The molecule has 0 atom stereocenters. The molecule has 0 bridgehead atoms. The van der Waals surface area contributed by atoms with E-state index in [1.807, 2.05) is 52.0 Å². The number of carbonyl (C=O) groups is 1. The van der Waals surface area contributed by atoms with Crippen LogP contribution in [0.4, 0.5) is 5.69 Å². The first-order valence-corrected chi connectivity index (χ1v) is 6.97. The Morgan fingerprint density at radius 2 is 1.67 bits per heavy atom. The summed E-state index contributed by atoms with van der Waals surface area (Å²) in [6.45, 7) is 8.27. The molecule has 0 aliphatic heterocycles. The van der Waals surface area contributed by atoms with Gasteiger partial charge in [-0.1, -0.05) is 12.1 Å². The Labute approximate surface area is 125 Å². The summed E-state index contributed by atoms with van der Waals surface area (Å²) in [4.78, 5) is 16.9. The normalized spacial score (nSPS) is 10.5. The second-order valence-electron chi connectivity index (χ2n) is 5.33. The summed E-state index contributed by atoms with van der Waals surface area (Å²) in [6, 6.07) is 7.48. The molecule has 4 nitrogen and oxygen atoms in total. The van der Waals surface area contributed by atoms with Crippen molar-refractivity contribution in [3.63, 3.8) is 0 Å². The fraction of sp³-hybridized carbons (Fsp3) is 0.294. The quantitative estimate of drug-likeness (QED) is 0.851. The zero-order chi connectivity index (χ0) is 15.6. The van der Waals surface area contributed by atoms with Gasteiger partial charge in [0.2, 0.25) is 0 Å². The van der Waals surface area contributed by atoms with Crippen molar-refractivity contribution < 1.29 is 4.79 Å². The van der Waals surface area contributed by atoms with Crippen LogP contribution in [0.2, 0.25) is 0 Å². The first-order chi connectivity index (χ1) is 9.90. The van der Waals surface area contributed by atoms with E-state index < -0.39 is 0 Å². The Bertz CT molecular complexity index is 675. The number of nitrogens with two attached hydrogens (primary N) is 1. The molecular weight excluding hydrogens is 262 g/mol. The molecule has 0 unspecified atom stereocenters. The van der Waals surface area contributed by atoms with Crippen molar-refractivity contribution in [2.45, 2.75) is 34.2 Å². The monoisotopic (exact) mass is 283 g/mol. The van der Waals surface area contributed by atoms with E-state index in [2.05, 4.69) is 10.3 Å². The highest BCUT2D eigenvalue weighted by Gasteiger charge is 2.16. The lowest BCUT2D eigenvalue weighted by molar-refractivity contribution is 0.0949. The van der Waals surface area contributed by atoms with E-state index in [1.54, 1.807) is 0 Å². The number of hydrogen-bond acceptors (Lipinski definition) is 3. The third kappa shape index (κ3) is 3.21. The minimum absolute atomic E-state index is 0.0857. The summed E-state index contributed by atoms with van der Waals surface area (Å²) in [6.07, 6.45) is 0. The lowest BCUT2D eigenvalue weighted by atomic mass is 10.0. The number of amides is 1. The number of nitrogens with zero attached hydrogens (tertiary/aromatic N) is 1. The number of benzene rings is 1. The van der Waals surface area contributed by atoms with Crippen LogP contribution >= 0.6 is 0 Å². The SMILES string of the molecule is Cc1nc(C)c(C(=O)NCc2ccc(N)cc2)c(C)c1C. The molecule has 0 aliphatic rings. The summed E-state index contributed by atoms with van der Waals surface area (Å²) in [7, 11) is 0. The number of anilines is 1. The highest BCUT2D eigenvalue weighted by atomic mass is 16.1. The van der Waals surface area contributed by atoms with Gasteiger partial charge in [0.1, 0.15) is 0 Å². The molecule has 0 spiro atoms. The van der Waals surface area contributed by atoms with E-state index >= 15 is 0 Å². The third-order valence-electron chi connectivity index (χ3n) is 3.84. The molecule has 0 radical (unpaired) electrons. The fourth-order valence-corrected chi connectivity index (χ4v) is 2.36. The molecule has 1 aromatic carbocycles. The van der Waals surface area contributed by atoms with Crippen LogP contribution in [0.1, 0.15) is 38.4 Å². The maximum Gasteiger partial charge on any atom is 0.253 e. The van der Waals surface area contributed by atoms with Crippen LogP contribution < -0.4 is 11.1 Å². The number of carbonyl (C=O) groups excluding carboxylic acids is 1. The van der Waals surface area contributed by atoms with E-state index in [4.69, 9.17) is 5.73 Å². The molecular formula is C17H21N3O. The number of aryl methyl sites for hydroxylation is 2. The van der Waals surface area contributed by atoms with Gasteiger partial charge in [0.15, 0.2) is 0 Å². The molecule has 2 aromatic rings. The van der Waals surface area contributed by atoms with Gasteiger partial charge in [-0.2, -0.15) is 0 Å². The number of pyridine rings is 1. The molecule has 4 heteroatoms. The molecule has 0 saturated carbocycles. The molecule has 1 aromatic heterocycles. The Balaban J connectivity index is 2.18. The largest absolute Gasteiger partial charge is 0.399 e. The summed E-state index contributed by atoms with van der Waals surface area (Å²) >= 11 is 0. The summed E-state index contributed by atoms with van der Waals surface area (Å²) in [5, 5.41) is 2.94. The molecule has 110 valence electrons. The molecule has 21 heavy (non-hydrogen) atoms. The maximum absolute atomic E-state index is 12.4. The molecule has 1 heterocycles. The van der Waals surface area contributed by atoms with Gasteiger partial charge >= 0.3 is 0 Å². The predicted octanol–water partition coefficient (Wildman–Crippen LogP) is 2.83. The van der Waals surface area contributed by atoms with Crippen LogP contribution in [0.25, 0.3) is 0 Å². The number of hydrogen-bond donors (Lipinski definition) is 2. The van der Waals surface area contributed by atoms with Crippen molar-refractivity contribution in [3.8, 4) is 0 Å². The third-order valence-corrected chi connectivity index (χ3v) is 3.84. The molecule has 2 rings (SSSR count). The Morgan fingerprint density at radius 3 is 2.29 bits per heavy atom. The Hall–Kier alpha value is -2.36. The van der Waals surface area contributed by atoms with Crippen molar-refractivity contribution >= 4 is 11.6 Å². The fourth-order valence-electron chi connectivity index (χ4n) is 2.36. The van der Waals surface area contributed by atoms with Crippen molar-refractivity contribution in [1.29, 1.82) is 0 Å². The van der Waals surface area contributed by atoms with Gasteiger partial charge in [0.05, 0.1) is 11.3 Å². The molecule has 0 saturated heterocycles. The van der Waals surface area contributed by atoms with E-state index in [1.165, 1.54) is 0 Å². The summed E-state index contributed by atoms with van der Waals surface area (Å²) in [5.74, 6) is -0.0857. The van der Waals surface area contributed by atoms with Gasteiger partial charge in [-0.05, 0) is 56.5 Å². The number of nitrogens with one attached hydrogen (secondary N) is 1. The lowest BCUT2D eigenvalue weighted by Crippen LogP contribution is -2.25. The van der Waals surface area contributed by atoms with Crippen LogP contribution in [0.3, 0.4) is 0 Å². The minimum atomic E-state index is -0.0857. The zero-order valence-corrected chi connectivity index (χ0v) is 12.9. The second-order valence-corrected chi connectivity index (χ2v) is 5.33. The molecule has 0 aliphatic carbocycles. The van der Waals surface area contributed by atoms with Gasteiger partial charge < -0.3 is 11.1 Å². The second kappa shape index (κ2) is 5.95. The summed E-state index contributed by atoms with van der Waals surface area (Å²) in [5.41, 5.74) is 11.9. The highest BCUT2D eigenvalue weighted by Crippen LogP contribution is 2.18. The van der Waals surface area contributed by atoms with Crippen LogP contribution in [0.5, 0.6) is 0 Å². The van der Waals surface area contributed by atoms with E-state index in [0.717, 1.165) is 33.8 Å². The minimum Gasteiger partial charge on any atom is -0.399 e. The van der Waals surface area contributed by atoms with Crippen molar-refractivity contribution in [2.75, 3.05) is 5.73 Å². The average Bonchev–Trinajstić information content (AvgIpc) is 2.44. The first-order valence-electron chi connectivity index (χ1n) is 6.97. The molecule has 1 amide bonds. The lowest BCUT2D eigenvalue weighted by Gasteiger charge is -2.14. The van der Waals surface area contributed by atoms with Gasteiger partial charge in [-0.3, -0.25) is 9.78 Å². The van der Waals surface area contributed by atoms with Crippen molar-refractivity contribution in [2.24, 2.45) is 0 Å². The number of rotatable bonds is 3. The number of aromatic nitrogens is 1. The topological polar surface area (TPSA) is 68.0 Å². The molecule has 0 fully saturated rings. The smallest absolute Gasteiger partial charge is 0.253 e. The summed E-state index contributed by atoms with van der Waals surface area (Å²) < 4.78 is 0. The Morgan fingerprint density at radius 1 is 1.05 bits per heavy atom. The standard InChI is InChI=1S/C17H21N3O/c1-10-11(2)16(13(4)20-12(10)3)17(21)19-9-14-5-7-15(18)8-6-14/h5-8H,9,18H2,1-4H3,(H,19,21). The van der Waals surface area contributed by atoms with Gasteiger partial charge in [0.25, 0.3) is 5.91 Å². The molecule has 3 N–H and O–H groups in total. The van der Waals surface area contributed by atoms with Gasteiger partial charge in [-0.25, -0.2) is 0 Å². The van der Waals surface area contributed by atoms with E-state index in [0.29, 0.717) is 12.1 Å². The van der Waals surface area contributed by atoms with Gasteiger partial charge in [-0.15, -0.1) is 0 Å². The van der Waals surface area contributed by atoms with Crippen LogP contribution in [-0.4, -0.2) is 10.9 Å². The van der Waals surface area contributed by atoms with Crippen molar-refractivity contribution in [1.82, 2.24) is 10.3 Å². The van der Waals surface area contributed by atoms with Crippen LogP contribution in [0, 0.1) is 27.7 Å². The van der Waals surface area contributed by atoms with Crippen LogP contribution in [0.15, 0.2) is 24.3 Å². The maximum atomic E-state index is 12.4. The van der Waals surface area contributed by atoms with Gasteiger partial charge in [0, 0.05) is 17.9 Å². The van der Waals surface area contributed by atoms with Crippen molar-refractivity contribution in [3.05, 3.63) is 57.9 Å².